The molecular formula is C22H28O12. The Kier molecular flexibility index (Phi) is 5.10. The largest absolute Gasteiger partial charge is 0.458 e. The van der Waals surface area contributed by atoms with Crippen molar-refractivity contribution in [3.8, 4) is 0 Å². The average molecular weight is 484 g/mol. The molecule has 4 fully saturated rings. The van der Waals surface area contributed by atoms with Gasteiger partial charge in [-0.1, -0.05) is 13.0 Å². The Morgan fingerprint density at radius 1 is 1.26 bits per heavy atom. The average Bonchev–Trinajstić information content (AvgIpc) is 3.69. The number of ether oxygens (including phenoxy) is 3. The molecule has 0 spiro atoms. The fourth-order valence-corrected chi connectivity index (χ4v) is 6.60. The summed E-state index contributed by atoms with van der Waals surface area (Å²) in [6, 6.07) is 0. The molecule has 12 heteroatoms. The molecule has 1 saturated heterocycles. The number of aliphatic hydroxyl groups excluding tert-OH is 4. The van der Waals surface area contributed by atoms with E-state index < -0.39 is 95.5 Å². The first-order chi connectivity index (χ1) is 16.0. The van der Waals surface area contributed by atoms with Gasteiger partial charge in [0.1, 0.15) is 17.8 Å². The van der Waals surface area contributed by atoms with Gasteiger partial charge in [-0.2, -0.15) is 0 Å². The number of fused-ring (bicyclic) bond motifs is 7. The van der Waals surface area contributed by atoms with Gasteiger partial charge >= 0.3 is 11.9 Å². The summed E-state index contributed by atoms with van der Waals surface area (Å²) in [6.07, 6.45) is -3.84. The lowest BCUT2D eigenvalue weighted by molar-refractivity contribution is -0.224. The molecule has 0 amide bonds. The van der Waals surface area contributed by atoms with Gasteiger partial charge < -0.3 is 44.8 Å². The van der Waals surface area contributed by atoms with Crippen LogP contribution in [0.25, 0.3) is 0 Å². The molecule has 0 radical (unpaired) electrons. The summed E-state index contributed by atoms with van der Waals surface area (Å²) in [7, 11) is 0. The third-order valence-electron chi connectivity index (χ3n) is 8.44. The van der Waals surface area contributed by atoms with Crippen molar-refractivity contribution in [3.05, 3.63) is 12.2 Å². The van der Waals surface area contributed by atoms with Crippen LogP contribution in [0.2, 0.25) is 0 Å². The topological polar surface area (TPSA) is 204 Å². The van der Waals surface area contributed by atoms with Crippen LogP contribution in [-0.4, -0.2) is 108 Å². The van der Waals surface area contributed by atoms with Crippen LogP contribution in [0.15, 0.2) is 12.2 Å². The number of rotatable bonds is 6. The van der Waals surface area contributed by atoms with Crippen molar-refractivity contribution in [2.75, 3.05) is 13.2 Å². The van der Waals surface area contributed by atoms with Crippen molar-refractivity contribution in [2.24, 2.45) is 17.8 Å². The molecule has 0 aromatic carbocycles. The highest BCUT2D eigenvalue weighted by Gasteiger charge is 2.86. The van der Waals surface area contributed by atoms with Gasteiger partial charge in [0, 0.05) is 30.6 Å². The van der Waals surface area contributed by atoms with Gasteiger partial charge in [-0.05, 0) is 12.5 Å². The van der Waals surface area contributed by atoms with E-state index in [1.54, 1.807) is 6.92 Å². The fourth-order valence-electron chi connectivity index (χ4n) is 6.60. The number of aliphatic hydroxyl groups is 6. The van der Waals surface area contributed by atoms with E-state index in [1.807, 2.05) is 0 Å². The van der Waals surface area contributed by atoms with Crippen LogP contribution in [0, 0.1) is 17.8 Å². The smallest absolute Gasteiger partial charge is 0.338 e. The Bertz CT molecular complexity index is 966. The summed E-state index contributed by atoms with van der Waals surface area (Å²) in [5.74, 6) is -5.60. The van der Waals surface area contributed by atoms with Gasteiger partial charge in [0.05, 0.1) is 24.9 Å². The van der Waals surface area contributed by atoms with Gasteiger partial charge in [0.2, 0.25) is 0 Å². The van der Waals surface area contributed by atoms with Crippen LogP contribution in [0.5, 0.6) is 0 Å². The normalized spacial score (nSPS) is 50.7. The van der Waals surface area contributed by atoms with Crippen molar-refractivity contribution in [1.82, 2.24) is 0 Å². The highest BCUT2D eigenvalue weighted by Crippen LogP contribution is 2.71. The summed E-state index contributed by atoms with van der Waals surface area (Å²) in [5.41, 5.74) is -7.61. The Morgan fingerprint density at radius 2 is 1.97 bits per heavy atom. The van der Waals surface area contributed by atoms with Gasteiger partial charge in [-0.25, -0.2) is 4.79 Å². The second-order valence-electron chi connectivity index (χ2n) is 10.0. The maximum absolute atomic E-state index is 12.7. The summed E-state index contributed by atoms with van der Waals surface area (Å²) in [6.45, 7) is -0.0847. The zero-order valence-electron chi connectivity index (χ0n) is 18.4. The first kappa shape index (κ1) is 23.8. The second kappa shape index (κ2) is 7.29. The molecule has 11 unspecified atom stereocenters. The first-order valence-corrected chi connectivity index (χ1v) is 11.3. The molecule has 1 heterocycles. The minimum atomic E-state index is -2.49. The molecule has 5 aliphatic rings. The Balaban J connectivity index is 1.60. The molecule has 0 bridgehead atoms. The number of esters is 2. The highest BCUT2D eigenvalue weighted by molar-refractivity contribution is 6.01. The number of hydrogen-bond donors (Lipinski definition) is 6. The lowest BCUT2D eigenvalue weighted by atomic mass is 9.63. The molecule has 11 atom stereocenters. The van der Waals surface area contributed by atoms with E-state index in [0.717, 1.165) is 6.08 Å². The van der Waals surface area contributed by atoms with E-state index in [1.165, 1.54) is 6.08 Å². The SMILES string of the molecule is CCC(=O)OC1CC2(O)C(C3CC13OC(=O)C(O)CO)C1OC1(CO)C(O)C1(O)C(=O)C=CC21. The molecule has 12 nitrogen and oxygen atoms in total. The van der Waals surface area contributed by atoms with E-state index in [2.05, 4.69) is 0 Å². The Labute approximate surface area is 193 Å². The summed E-state index contributed by atoms with van der Waals surface area (Å²) in [5, 5.41) is 63.4. The summed E-state index contributed by atoms with van der Waals surface area (Å²) in [4.78, 5) is 37.3. The van der Waals surface area contributed by atoms with Crippen LogP contribution in [0.4, 0.5) is 0 Å². The third kappa shape index (κ3) is 2.75. The number of carbonyl (C=O) groups is 3. The molecule has 6 N–H and O–H groups in total. The predicted octanol–water partition coefficient (Wildman–Crippen LogP) is -3.30. The molecule has 1 aliphatic heterocycles. The van der Waals surface area contributed by atoms with Crippen LogP contribution >= 0.6 is 0 Å². The lowest BCUT2D eigenvalue weighted by Gasteiger charge is -2.50. The Hall–Kier alpha value is -1.93. The molecule has 0 aromatic rings. The molecule has 3 saturated carbocycles. The second-order valence-corrected chi connectivity index (χ2v) is 10.0. The van der Waals surface area contributed by atoms with Crippen LogP contribution in [0.1, 0.15) is 26.2 Å². The van der Waals surface area contributed by atoms with Gasteiger partial charge in [0.25, 0.3) is 0 Å². The number of hydrogen-bond acceptors (Lipinski definition) is 12. The van der Waals surface area contributed by atoms with Crippen molar-refractivity contribution < 1.29 is 59.2 Å². The zero-order chi connectivity index (χ0) is 24.8. The van der Waals surface area contributed by atoms with Crippen molar-refractivity contribution >= 4 is 17.7 Å². The monoisotopic (exact) mass is 484 g/mol. The minimum Gasteiger partial charge on any atom is -0.458 e. The molecule has 34 heavy (non-hydrogen) atoms. The molecule has 188 valence electrons. The van der Waals surface area contributed by atoms with Gasteiger partial charge in [0.15, 0.2) is 23.1 Å². The van der Waals surface area contributed by atoms with E-state index in [0.29, 0.717) is 0 Å². The molecular weight excluding hydrogens is 456 g/mol. The quantitative estimate of drug-likeness (QED) is 0.162. The number of epoxide rings is 1. The molecule has 4 aliphatic carbocycles. The zero-order valence-corrected chi connectivity index (χ0v) is 18.4. The van der Waals surface area contributed by atoms with E-state index in [-0.39, 0.29) is 19.3 Å². The number of ketones is 1. The van der Waals surface area contributed by atoms with Gasteiger partial charge in [-0.3, -0.25) is 9.59 Å². The summed E-state index contributed by atoms with van der Waals surface area (Å²) < 4.78 is 16.8. The van der Waals surface area contributed by atoms with E-state index in [9.17, 15) is 39.9 Å². The third-order valence-corrected chi connectivity index (χ3v) is 8.44. The first-order valence-electron chi connectivity index (χ1n) is 11.3. The highest BCUT2D eigenvalue weighted by atomic mass is 16.6. The standard InChI is InChI=1S/C22H28O12/c1-2-14(27)32-13-6-19(30)11-3-4-12(26)22(11,31)18(29)21(8-24)16(33-21)15(19)9-5-20(9,13)34-17(28)10(25)7-23/h3-4,9-11,13,15-16,18,23-25,29-31H,2,5-8H2,1H3. The fraction of sp³-hybridized carbons (Fsp3) is 0.773. The van der Waals surface area contributed by atoms with Crippen molar-refractivity contribution in [3.63, 3.8) is 0 Å². The van der Waals surface area contributed by atoms with Crippen LogP contribution in [0.3, 0.4) is 0 Å². The van der Waals surface area contributed by atoms with E-state index >= 15 is 0 Å². The predicted molar refractivity (Wildman–Crippen MR) is 107 cm³/mol. The lowest BCUT2D eigenvalue weighted by Crippen LogP contribution is -2.65. The number of carbonyl (C=O) groups excluding carboxylic acids is 3. The van der Waals surface area contributed by atoms with Crippen LogP contribution in [-0.2, 0) is 28.6 Å². The van der Waals surface area contributed by atoms with Crippen molar-refractivity contribution in [2.45, 2.75) is 73.0 Å². The summed E-state index contributed by atoms with van der Waals surface area (Å²) >= 11 is 0. The van der Waals surface area contributed by atoms with E-state index in [4.69, 9.17) is 19.3 Å². The minimum absolute atomic E-state index is 0.0177. The maximum Gasteiger partial charge on any atom is 0.338 e. The van der Waals surface area contributed by atoms with Crippen molar-refractivity contribution in [1.29, 1.82) is 0 Å². The molecule has 0 aromatic heterocycles. The van der Waals surface area contributed by atoms with Gasteiger partial charge in [-0.15, -0.1) is 0 Å². The Morgan fingerprint density at radius 3 is 2.59 bits per heavy atom. The molecule has 5 rings (SSSR count). The van der Waals surface area contributed by atoms with Crippen LogP contribution < -0.4 is 0 Å². The maximum atomic E-state index is 12.7.